The van der Waals surface area contributed by atoms with Crippen molar-refractivity contribution in [3.8, 4) is 0 Å². The molecule has 1 saturated heterocycles. The van der Waals surface area contributed by atoms with E-state index in [4.69, 9.17) is 9.15 Å². The van der Waals surface area contributed by atoms with Crippen LogP contribution in [0, 0.1) is 5.92 Å². The van der Waals surface area contributed by atoms with Crippen molar-refractivity contribution in [2.24, 2.45) is 5.92 Å². The molecular weight excluding hydrogens is 448 g/mol. The topological polar surface area (TPSA) is 71.8 Å². The van der Waals surface area contributed by atoms with Crippen molar-refractivity contribution in [3.63, 3.8) is 0 Å². The highest BCUT2D eigenvalue weighted by atomic mass is 79.9. The molecule has 0 saturated carbocycles. The summed E-state index contributed by atoms with van der Waals surface area (Å²) in [5, 5.41) is 3.60. The lowest BCUT2D eigenvalue weighted by atomic mass is 9.89. The molecule has 0 spiro atoms. The molecular formula is C23H23BrN2O4. The van der Waals surface area contributed by atoms with Crippen LogP contribution in [0.15, 0.2) is 63.7 Å². The molecule has 4 rings (SSSR count). The molecule has 3 aromatic rings. The summed E-state index contributed by atoms with van der Waals surface area (Å²) in [7, 11) is 0. The van der Waals surface area contributed by atoms with E-state index < -0.39 is 6.09 Å². The summed E-state index contributed by atoms with van der Waals surface area (Å²) in [6, 6.07) is 14.8. The molecule has 1 fully saturated rings. The first-order valence-corrected chi connectivity index (χ1v) is 10.8. The van der Waals surface area contributed by atoms with Crippen LogP contribution in [0.5, 0.6) is 0 Å². The number of Topliss-reactive ketones (excluding diaryl/α,β-unsaturated/α-hetero) is 1. The number of hydrogen-bond donors (Lipinski definition) is 1. The molecule has 1 aliphatic rings. The van der Waals surface area contributed by atoms with Gasteiger partial charge in [0.1, 0.15) is 12.2 Å². The van der Waals surface area contributed by atoms with Crippen molar-refractivity contribution in [1.82, 2.24) is 4.90 Å². The second-order valence-corrected chi connectivity index (χ2v) is 8.30. The Hall–Kier alpha value is -2.64. The molecule has 1 amide bonds. The number of nitrogens with zero attached hydrogens (tertiary/aromatic N) is 1. The molecule has 0 unspecified atom stereocenters. The number of carbonyl (C=O) groups is 2. The van der Waals surface area contributed by atoms with Crippen LogP contribution in [0.3, 0.4) is 0 Å². The Kier molecular flexibility index (Phi) is 6.50. The Morgan fingerprint density at radius 2 is 1.87 bits per heavy atom. The van der Waals surface area contributed by atoms with Crippen LogP contribution in [-0.2, 0) is 4.74 Å². The third-order valence-electron chi connectivity index (χ3n) is 5.46. The van der Waals surface area contributed by atoms with Gasteiger partial charge in [0, 0.05) is 27.9 Å². The summed E-state index contributed by atoms with van der Waals surface area (Å²) in [5.74, 6) is 0.272. The number of ether oxygens (including phenoxy) is 1. The van der Waals surface area contributed by atoms with E-state index in [9.17, 15) is 9.59 Å². The van der Waals surface area contributed by atoms with Crippen LogP contribution in [0.4, 0.5) is 10.5 Å². The monoisotopic (exact) mass is 470 g/mol. The Morgan fingerprint density at radius 3 is 2.63 bits per heavy atom. The zero-order valence-corrected chi connectivity index (χ0v) is 18.1. The molecule has 1 aromatic heterocycles. The SMILES string of the molecule is O=C(Nc1cccc2occc12)OCCN1CCC(C(=O)c2ccc(Br)cc2)CC1. The number of anilines is 1. The van der Waals surface area contributed by atoms with Gasteiger partial charge in [-0.2, -0.15) is 0 Å². The number of benzene rings is 2. The maximum absolute atomic E-state index is 12.7. The standard InChI is InChI=1S/C23H23BrN2O4/c24-18-6-4-16(5-7-18)22(27)17-8-11-26(12-9-17)13-15-30-23(28)25-20-2-1-3-21-19(20)10-14-29-21/h1-7,10,14,17H,8-9,11-13,15H2,(H,25,28). The van der Waals surface area contributed by atoms with Crippen LogP contribution >= 0.6 is 15.9 Å². The van der Waals surface area contributed by atoms with E-state index in [1.165, 1.54) is 0 Å². The predicted octanol–water partition coefficient (Wildman–Crippen LogP) is 5.34. The van der Waals surface area contributed by atoms with Crippen LogP contribution in [0.1, 0.15) is 23.2 Å². The van der Waals surface area contributed by atoms with Crippen molar-refractivity contribution in [1.29, 1.82) is 0 Å². The molecule has 1 aliphatic heterocycles. The van der Waals surface area contributed by atoms with Crippen molar-refractivity contribution in [2.75, 3.05) is 31.6 Å². The zero-order chi connectivity index (χ0) is 20.9. The third kappa shape index (κ3) is 4.91. The van der Waals surface area contributed by atoms with Gasteiger partial charge in [-0.3, -0.25) is 15.0 Å². The number of ketones is 1. The lowest BCUT2D eigenvalue weighted by Gasteiger charge is -2.31. The number of halogens is 1. The van der Waals surface area contributed by atoms with Crippen LogP contribution < -0.4 is 5.32 Å². The van der Waals surface area contributed by atoms with Gasteiger partial charge >= 0.3 is 6.09 Å². The van der Waals surface area contributed by atoms with Crippen LogP contribution in [0.2, 0.25) is 0 Å². The number of furan rings is 1. The van der Waals surface area contributed by atoms with Crippen molar-refractivity contribution in [2.45, 2.75) is 12.8 Å². The first-order chi connectivity index (χ1) is 14.6. The number of rotatable bonds is 6. The minimum absolute atomic E-state index is 0.0575. The molecule has 6 nitrogen and oxygen atoms in total. The smallest absolute Gasteiger partial charge is 0.411 e. The number of hydrogen-bond acceptors (Lipinski definition) is 5. The van der Waals surface area contributed by atoms with Crippen molar-refractivity contribution >= 4 is 44.5 Å². The van der Waals surface area contributed by atoms with Gasteiger partial charge in [-0.15, -0.1) is 0 Å². The Labute approximate surface area is 183 Å². The quantitative estimate of drug-likeness (QED) is 0.492. The highest BCUT2D eigenvalue weighted by Gasteiger charge is 2.25. The average Bonchev–Trinajstić information content (AvgIpc) is 3.24. The van der Waals surface area contributed by atoms with Gasteiger partial charge < -0.3 is 9.15 Å². The molecule has 156 valence electrons. The lowest BCUT2D eigenvalue weighted by Crippen LogP contribution is -2.38. The predicted molar refractivity (Wildman–Crippen MR) is 119 cm³/mol. The molecule has 30 heavy (non-hydrogen) atoms. The molecule has 2 aromatic carbocycles. The van der Waals surface area contributed by atoms with E-state index in [0.29, 0.717) is 24.4 Å². The van der Waals surface area contributed by atoms with E-state index >= 15 is 0 Å². The summed E-state index contributed by atoms with van der Waals surface area (Å²) in [6.45, 7) is 2.61. The fraction of sp³-hybridized carbons (Fsp3) is 0.304. The Morgan fingerprint density at radius 1 is 1.10 bits per heavy atom. The van der Waals surface area contributed by atoms with E-state index in [1.807, 2.05) is 48.5 Å². The highest BCUT2D eigenvalue weighted by Crippen LogP contribution is 2.25. The number of piperidine rings is 1. The normalized spacial score (nSPS) is 15.2. The number of amides is 1. The second-order valence-electron chi connectivity index (χ2n) is 7.39. The maximum atomic E-state index is 12.7. The van der Waals surface area contributed by atoms with Crippen LogP contribution in [-0.4, -0.2) is 43.0 Å². The van der Waals surface area contributed by atoms with Gasteiger partial charge in [0.15, 0.2) is 5.78 Å². The first kappa shape index (κ1) is 20.6. The minimum Gasteiger partial charge on any atom is -0.464 e. The summed E-state index contributed by atoms with van der Waals surface area (Å²) in [5.41, 5.74) is 2.15. The zero-order valence-electron chi connectivity index (χ0n) is 16.5. The second kappa shape index (κ2) is 9.45. The summed E-state index contributed by atoms with van der Waals surface area (Å²) in [6.07, 6.45) is 2.75. The van der Waals surface area contributed by atoms with Gasteiger partial charge in [-0.1, -0.05) is 34.1 Å². The fourth-order valence-corrected chi connectivity index (χ4v) is 4.05. The first-order valence-electron chi connectivity index (χ1n) is 10.0. The van der Waals surface area contributed by atoms with Crippen molar-refractivity contribution < 1.29 is 18.7 Å². The summed E-state index contributed by atoms with van der Waals surface area (Å²) < 4.78 is 11.6. The van der Waals surface area contributed by atoms with E-state index in [0.717, 1.165) is 41.4 Å². The number of likely N-dealkylation sites (tertiary alicyclic amines) is 1. The molecule has 1 N–H and O–H groups in total. The Bertz CT molecular complexity index is 1020. The van der Waals surface area contributed by atoms with Gasteiger partial charge in [-0.05, 0) is 56.3 Å². The third-order valence-corrected chi connectivity index (χ3v) is 5.99. The van der Waals surface area contributed by atoms with Gasteiger partial charge in [-0.25, -0.2) is 4.79 Å². The maximum Gasteiger partial charge on any atom is 0.411 e. The lowest BCUT2D eigenvalue weighted by molar-refractivity contribution is 0.0813. The number of fused-ring (bicyclic) bond motifs is 1. The van der Waals surface area contributed by atoms with E-state index in [-0.39, 0.29) is 11.7 Å². The summed E-state index contributed by atoms with van der Waals surface area (Å²) in [4.78, 5) is 27.0. The number of nitrogens with one attached hydrogen (secondary N) is 1. The summed E-state index contributed by atoms with van der Waals surface area (Å²) >= 11 is 3.40. The average molecular weight is 471 g/mol. The van der Waals surface area contributed by atoms with Gasteiger partial charge in [0.2, 0.25) is 0 Å². The number of carbonyl (C=O) groups excluding carboxylic acids is 2. The van der Waals surface area contributed by atoms with Gasteiger partial charge in [0.05, 0.1) is 12.0 Å². The molecule has 7 heteroatoms. The molecule has 0 bridgehead atoms. The molecule has 2 heterocycles. The molecule has 0 radical (unpaired) electrons. The minimum atomic E-state index is -0.482. The highest BCUT2D eigenvalue weighted by molar-refractivity contribution is 9.10. The van der Waals surface area contributed by atoms with Gasteiger partial charge in [0.25, 0.3) is 0 Å². The van der Waals surface area contributed by atoms with E-state index in [2.05, 4.69) is 26.1 Å². The van der Waals surface area contributed by atoms with E-state index in [1.54, 1.807) is 6.26 Å². The Balaban J connectivity index is 1.19. The fourth-order valence-electron chi connectivity index (χ4n) is 3.79. The molecule has 0 aliphatic carbocycles. The van der Waals surface area contributed by atoms with Crippen molar-refractivity contribution in [3.05, 3.63) is 64.8 Å². The molecule has 0 atom stereocenters. The largest absolute Gasteiger partial charge is 0.464 e. The van der Waals surface area contributed by atoms with Crippen LogP contribution in [0.25, 0.3) is 11.0 Å².